The molecular weight excluding hydrogens is 330 g/mol. The van der Waals surface area contributed by atoms with Crippen molar-refractivity contribution in [3.8, 4) is 0 Å². The molecule has 1 nitrogen and oxygen atoms in total. The van der Waals surface area contributed by atoms with Crippen LogP contribution in [0.2, 0.25) is 0 Å². The maximum atomic E-state index is 13.6. The molecule has 1 aromatic rings. The molecule has 3 heteroatoms. The monoisotopic (exact) mass is 362 g/mol. The van der Waals surface area contributed by atoms with Gasteiger partial charge < -0.3 is 4.74 Å². The summed E-state index contributed by atoms with van der Waals surface area (Å²) in [5.74, 6) is 2.01. The van der Waals surface area contributed by atoms with E-state index in [0.29, 0.717) is 11.5 Å². The molecule has 1 aliphatic heterocycles. The highest BCUT2D eigenvalue weighted by molar-refractivity contribution is 5.59. The van der Waals surface area contributed by atoms with E-state index in [2.05, 4.69) is 6.92 Å². The number of allylic oxidation sites excluding steroid dienone is 1. The van der Waals surface area contributed by atoms with Crippen LogP contribution >= 0.6 is 0 Å². The zero-order valence-corrected chi connectivity index (χ0v) is 15.9. The number of ether oxygens (including phenoxy) is 1. The molecule has 2 fully saturated rings. The van der Waals surface area contributed by atoms with Crippen LogP contribution < -0.4 is 0 Å². The first-order valence-corrected chi connectivity index (χ1v) is 10.3. The molecule has 144 valence electrons. The van der Waals surface area contributed by atoms with Crippen LogP contribution in [0.25, 0.3) is 5.83 Å². The fourth-order valence-electron chi connectivity index (χ4n) is 4.81. The highest BCUT2D eigenvalue weighted by Gasteiger charge is 2.31. The molecule has 1 saturated heterocycles. The predicted octanol–water partition coefficient (Wildman–Crippen LogP) is 7.04. The van der Waals surface area contributed by atoms with Gasteiger partial charge in [0.2, 0.25) is 0 Å². The largest absolute Gasteiger partial charge is 0.373 e. The molecule has 1 aliphatic carbocycles. The molecule has 26 heavy (non-hydrogen) atoms. The van der Waals surface area contributed by atoms with Crippen molar-refractivity contribution in [2.24, 2.45) is 17.8 Å². The Labute approximate surface area is 156 Å². The van der Waals surface area contributed by atoms with Gasteiger partial charge in [-0.05, 0) is 55.1 Å². The van der Waals surface area contributed by atoms with Gasteiger partial charge in [0.1, 0.15) is 12.5 Å². The molecule has 0 amide bonds. The van der Waals surface area contributed by atoms with Gasteiger partial charge >= 0.3 is 0 Å². The topological polar surface area (TPSA) is 9.23 Å². The van der Waals surface area contributed by atoms with Crippen LogP contribution in [0.3, 0.4) is 0 Å². The number of benzene rings is 1. The summed E-state index contributed by atoms with van der Waals surface area (Å²) in [5.41, 5.74) is 1.54. The lowest BCUT2D eigenvalue weighted by molar-refractivity contribution is -0.0404. The third kappa shape index (κ3) is 4.94. The van der Waals surface area contributed by atoms with Crippen molar-refractivity contribution < 1.29 is 13.5 Å². The normalized spacial score (nSPS) is 30.3. The minimum Gasteiger partial charge on any atom is -0.373 e. The Morgan fingerprint density at radius 3 is 2.31 bits per heavy atom. The van der Waals surface area contributed by atoms with E-state index >= 15 is 0 Å². The van der Waals surface area contributed by atoms with Crippen LogP contribution in [0.5, 0.6) is 0 Å². The maximum Gasteiger partial charge on any atom is 0.129 e. The second-order valence-electron chi connectivity index (χ2n) is 8.06. The molecule has 3 rings (SSSR count). The van der Waals surface area contributed by atoms with Gasteiger partial charge in [-0.15, -0.1) is 0 Å². The van der Waals surface area contributed by atoms with Gasteiger partial charge in [0, 0.05) is 5.56 Å². The number of halogens is 2. The van der Waals surface area contributed by atoms with Crippen molar-refractivity contribution in [3.05, 3.63) is 41.5 Å². The number of alkyl halides is 1. The first kappa shape index (κ1) is 19.5. The summed E-state index contributed by atoms with van der Waals surface area (Å²) in [6.45, 7) is 2.37. The van der Waals surface area contributed by atoms with E-state index in [0.717, 1.165) is 36.5 Å². The van der Waals surface area contributed by atoms with Gasteiger partial charge in [-0.2, -0.15) is 0 Å². The summed E-state index contributed by atoms with van der Waals surface area (Å²) in [5, 5.41) is 0. The first-order valence-electron chi connectivity index (χ1n) is 10.3. The van der Waals surface area contributed by atoms with Crippen LogP contribution in [-0.2, 0) is 4.74 Å². The summed E-state index contributed by atoms with van der Waals surface area (Å²) < 4.78 is 32.0. The Kier molecular flexibility index (Phi) is 7.24. The molecule has 1 heterocycles. The Morgan fingerprint density at radius 2 is 1.73 bits per heavy atom. The summed E-state index contributed by atoms with van der Waals surface area (Å²) in [7, 11) is 0. The third-order valence-corrected chi connectivity index (χ3v) is 6.38. The third-order valence-electron chi connectivity index (χ3n) is 6.38. The van der Waals surface area contributed by atoms with Gasteiger partial charge in [0.05, 0.1) is 12.7 Å². The Balaban J connectivity index is 1.49. The number of hydrogen-bond donors (Lipinski definition) is 0. The molecule has 2 unspecified atom stereocenters. The lowest BCUT2D eigenvalue weighted by atomic mass is 9.73. The molecule has 2 atom stereocenters. The van der Waals surface area contributed by atoms with Crippen LogP contribution in [0.15, 0.2) is 30.3 Å². The first-order chi connectivity index (χ1) is 12.7. The minimum atomic E-state index is -0.777. The molecule has 0 radical (unpaired) electrons. The SMILES string of the molecule is CCCC1CCC(C2CCC(c3ccc(/C(F)=C/CF)cc3)OC2)CC1. The summed E-state index contributed by atoms with van der Waals surface area (Å²) in [6, 6.07) is 7.28. The van der Waals surface area contributed by atoms with Crippen molar-refractivity contribution in [2.75, 3.05) is 13.3 Å². The molecule has 0 bridgehead atoms. The molecule has 1 saturated carbocycles. The van der Waals surface area contributed by atoms with Gasteiger partial charge in [0.25, 0.3) is 0 Å². The van der Waals surface area contributed by atoms with Crippen LogP contribution in [0, 0.1) is 17.8 Å². The fourth-order valence-corrected chi connectivity index (χ4v) is 4.81. The zero-order chi connectivity index (χ0) is 18.4. The minimum absolute atomic E-state index is 0.116. The van der Waals surface area contributed by atoms with Crippen molar-refractivity contribution in [2.45, 2.75) is 64.4 Å². The Morgan fingerprint density at radius 1 is 1.04 bits per heavy atom. The Hall–Kier alpha value is -1.22. The smallest absolute Gasteiger partial charge is 0.129 e. The molecule has 0 N–H and O–H groups in total. The Bertz CT molecular complexity index is 564. The maximum absolute atomic E-state index is 13.6. The average Bonchev–Trinajstić information content (AvgIpc) is 2.69. The molecular formula is C23H32F2O. The molecule has 0 aromatic heterocycles. The standard InChI is InChI=1S/C23H32F2O/c1-2-3-17-4-6-18(7-5-17)21-12-13-23(26-16-21)20-10-8-19(9-11-20)22(25)14-15-24/h8-11,14,17-18,21,23H,2-7,12-13,15-16H2,1H3/b22-14-. The second-order valence-corrected chi connectivity index (χ2v) is 8.06. The number of rotatable bonds is 6. The van der Waals surface area contributed by atoms with E-state index < -0.39 is 12.5 Å². The number of hydrogen-bond acceptors (Lipinski definition) is 1. The zero-order valence-electron chi connectivity index (χ0n) is 15.9. The summed E-state index contributed by atoms with van der Waals surface area (Å²) in [6.07, 6.45) is 11.6. The van der Waals surface area contributed by atoms with Crippen molar-refractivity contribution in [1.82, 2.24) is 0 Å². The highest BCUT2D eigenvalue weighted by Crippen LogP contribution is 2.41. The lowest BCUT2D eigenvalue weighted by Crippen LogP contribution is -2.29. The summed E-state index contributed by atoms with van der Waals surface area (Å²) >= 11 is 0. The van der Waals surface area contributed by atoms with Crippen molar-refractivity contribution >= 4 is 5.83 Å². The van der Waals surface area contributed by atoms with Crippen molar-refractivity contribution in [3.63, 3.8) is 0 Å². The van der Waals surface area contributed by atoms with Crippen LogP contribution in [0.4, 0.5) is 8.78 Å². The van der Waals surface area contributed by atoms with Crippen LogP contribution in [0.1, 0.15) is 75.5 Å². The molecule has 2 aliphatic rings. The van der Waals surface area contributed by atoms with E-state index in [1.165, 1.54) is 44.9 Å². The van der Waals surface area contributed by atoms with Gasteiger partial charge in [-0.1, -0.05) is 56.9 Å². The van der Waals surface area contributed by atoms with Gasteiger partial charge in [0.15, 0.2) is 0 Å². The molecule has 0 spiro atoms. The second kappa shape index (κ2) is 9.64. The predicted molar refractivity (Wildman–Crippen MR) is 103 cm³/mol. The van der Waals surface area contributed by atoms with Crippen LogP contribution in [-0.4, -0.2) is 13.3 Å². The van der Waals surface area contributed by atoms with E-state index in [1.807, 2.05) is 12.1 Å². The fraction of sp³-hybridized carbons (Fsp3) is 0.652. The summed E-state index contributed by atoms with van der Waals surface area (Å²) in [4.78, 5) is 0. The quantitative estimate of drug-likeness (QED) is 0.527. The van der Waals surface area contributed by atoms with E-state index in [4.69, 9.17) is 4.74 Å². The van der Waals surface area contributed by atoms with Gasteiger partial charge in [-0.3, -0.25) is 0 Å². The van der Waals surface area contributed by atoms with E-state index in [1.54, 1.807) is 12.1 Å². The van der Waals surface area contributed by atoms with Crippen molar-refractivity contribution in [1.29, 1.82) is 0 Å². The molecule has 1 aromatic carbocycles. The van der Waals surface area contributed by atoms with Gasteiger partial charge in [-0.25, -0.2) is 8.78 Å². The van der Waals surface area contributed by atoms with E-state index in [9.17, 15) is 8.78 Å². The lowest BCUT2D eigenvalue weighted by Gasteiger charge is -2.38. The average molecular weight is 363 g/mol. The highest BCUT2D eigenvalue weighted by atomic mass is 19.1. The van der Waals surface area contributed by atoms with E-state index in [-0.39, 0.29) is 6.10 Å².